The van der Waals surface area contributed by atoms with E-state index in [2.05, 4.69) is 38.7 Å². The standard InChI is InChI=1S/C19H20N2O2S2/c1-19(2,3)15-9-16-14(8-17(15)24)18(11-21-16)25(22,23)13-6-4-12(10-20)5-7-13/h4-9,18,21,24H,11H2,1-3H3. The van der Waals surface area contributed by atoms with Crippen LogP contribution in [0.5, 0.6) is 0 Å². The van der Waals surface area contributed by atoms with Crippen molar-refractivity contribution in [3.63, 3.8) is 0 Å². The van der Waals surface area contributed by atoms with E-state index in [1.54, 1.807) is 0 Å². The Morgan fingerprint density at radius 3 is 2.40 bits per heavy atom. The summed E-state index contributed by atoms with van der Waals surface area (Å²) in [5, 5.41) is 11.4. The van der Waals surface area contributed by atoms with Gasteiger partial charge >= 0.3 is 0 Å². The molecule has 0 saturated heterocycles. The van der Waals surface area contributed by atoms with Gasteiger partial charge < -0.3 is 5.32 Å². The van der Waals surface area contributed by atoms with E-state index in [-0.39, 0.29) is 10.3 Å². The van der Waals surface area contributed by atoms with Gasteiger partial charge in [-0.2, -0.15) is 5.26 Å². The third-order valence-electron chi connectivity index (χ3n) is 4.49. The fourth-order valence-corrected chi connectivity index (χ4v) is 5.31. The van der Waals surface area contributed by atoms with E-state index in [0.29, 0.717) is 12.1 Å². The first-order chi connectivity index (χ1) is 11.6. The molecule has 6 heteroatoms. The van der Waals surface area contributed by atoms with Crippen LogP contribution in [0.1, 0.15) is 42.7 Å². The second-order valence-corrected chi connectivity index (χ2v) is 9.87. The molecule has 1 unspecified atom stereocenters. The van der Waals surface area contributed by atoms with Crippen LogP contribution in [0.4, 0.5) is 5.69 Å². The SMILES string of the molecule is CC(C)(C)c1cc2c(cc1S)C(S(=O)(=O)c1ccc(C#N)cc1)CN2. The van der Waals surface area contributed by atoms with Crippen LogP contribution >= 0.6 is 12.6 Å². The molecule has 0 fully saturated rings. The van der Waals surface area contributed by atoms with Gasteiger partial charge in [0.25, 0.3) is 0 Å². The van der Waals surface area contributed by atoms with Crippen LogP contribution in [0.3, 0.4) is 0 Å². The maximum atomic E-state index is 13.0. The molecule has 0 aromatic heterocycles. The van der Waals surface area contributed by atoms with Gasteiger partial charge in [0.1, 0.15) is 5.25 Å². The topological polar surface area (TPSA) is 70.0 Å². The van der Waals surface area contributed by atoms with E-state index in [0.717, 1.165) is 21.7 Å². The van der Waals surface area contributed by atoms with Crippen molar-refractivity contribution < 1.29 is 8.42 Å². The van der Waals surface area contributed by atoms with E-state index in [9.17, 15) is 8.42 Å². The number of benzene rings is 2. The largest absolute Gasteiger partial charge is 0.383 e. The lowest BCUT2D eigenvalue weighted by atomic mass is 9.86. The van der Waals surface area contributed by atoms with E-state index in [1.807, 2.05) is 18.2 Å². The molecule has 0 bridgehead atoms. The van der Waals surface area contributed by atoms with Crippen LogP contribution in [-0.4, -0.2) is 15.0 Å². The van der Waals surface area contributed by atoms with Crippen molar-refractivity contribution in [2.75, 3.05) is 11.9 Å². The number of rotatable bonds is 2. The molecule has 130 valence electrons. The minimum atomic E-state index is -3.55. The van der Waals surface area contributed by atoms with E-state index < -0.39 is 15.1 Å². The van der Waals surface area contributed by atoms with Crippen molar-refractivity contribution in [1.82, 2.24) is 0 Å². The Morgan fingerprint density at radius 1 is 1.20 bits per heavy atom. The lowest BCUT2D eigenvalue weighted by Gasteiger charge is -2.22. The van der Waals surface area contributed by atoms with Crippen LogP contribution in [0.15, 0.2) is 46.2 Å². The molecular formula is C19H20N2O2S2. The summed E-state index contributed by atoms with van der Waals surface area (Å²) in [5.41, 5.74) is 3.06. The maximum absolute atomic E-state index is 13.0. The molecule has 2 aromatic rings. The summed E-state index contributed by atoms with van der Waals surface area (Å²) in [6, 6.07) is 11.9. The number of nitriles is 1. The molecule has 1 heterocycles. The molecule has 1 atom stereocenters. The van der Waals surface area contributed by atoms with Gasteiger partial charge in [0.05, 0.1) is 16.5 Å². The first-order valence-corrected chi connectivity index (χ1v) is 9.99. The first-order valence-electron chi connectivity index (χ1n) is 8.00. The van der Waals surface area contributed by atoms with Crippen LogP contribution in [-0.2, 0) is 15.3 Å². The van der Waals surface area contributed by atoms with Gasteiger partial charge in [-0.25, -0.2) is 8.42 Å². The number of sulfone groups is 1. The van der Waals surface area contributed by atoms with E-state index in [1.165, 1.54) is 24.3 Å². The molecule has 1 N–H and O–H groups in total. The summed E-state index contributed by atoms with van der Waals surface area (Å²) in [7, 11) is -3.55. The number of nitrogens with zero attached hydrogens (tertiary/aromatic N) is 1. The number of hydrogen-bond acceptors (Lipinski definition) is 5. The van der Waals surface area contributed by atoms with Gasteiger partial charge in [-0.3, -0.25) is 0 Å². The van der Waals surface area contributed by atoms with Crippen LogP contribution in [0.25, 0.3) is 0 Å². The van der Waals surface area contributed by atoms with Crippen LogP contribution in [0.2, 0.25) is 0 Å². The van der Waals surface area contributed by atoms with Gasteiger partial charge in [-0.05, 0) is 52.9 Å². The van der Waals surface area contributed by atoms with Crippen LogP contribution in [0, 0.1) is 11.3 Å². The number of thiol groups is 1. The van der Waals surface area contributed by atoms with Gasteiger partial charge in [0, 0.05) is 17.1 Å². The molecule has 1 aliphatic heterocycles. The molecule has 0 radical (unpaired) electrons. The molecule has 1 aliphatic rings. The van der Waals surface area contributed by atoms with Crippen molar-refractivity contribution in [2.45, 2.75) is 41.2 Å². The predicted molar refractivity (Wildman–Crippen MR) is 102 cm³/mol. The maximum Gasteiger partial charge on any atom is 0.187 e. The van der Waals surface area contributed by atoms with Crippen molar-refractivity contribution in [1.29, 1.82) is 5.26 Å². The van der Waals surface area contributed by atoms with Gasteiger partial charge in [-0.1, -0.05) is 20.8 Å². The average Bonchev–Trinajstić information content (AvgIpc) is 2.96. The normalized spacial score (nSPS) is 16.8. The second kappa shape index (κ2) is 6.08. The lowest BCUT2D eigenvalue weighted by molar-refractivity contribution is 0.578. The third-order valence-corrected chi connectivity index (χ3v) is 6.96. The monoisotopic (exact) mass is 372 g/mol. The zero-order valence-corrected chi connectivity index (χ0v) is 16.1. The van der Waals surface area contributed by atoms with Gasteiger partial charge in [0.15, 0.2) is 9.84 Å². The molecule has 0 amide bonds. The minimum absolute atomic E-state index is 0.0715. The first kappa shape index (κ1) is 17.8. The van der Waals surface area contributed by atoms with Gasteiger partial charge in [-0.15, -0.1) is 12.6 Å². The molecule has 0 aliphatic carbocycles. The highest BCUT2D eigenvalue weighted by Gasteiger charge is 2.36. The Bertz CT molecular complexity index is 966. The molecule has 3 rings (SSSR count). The highest BCUT2D eigenvalue weighted by Crippen LogP contribution is 2.42. The second-order valence-electron chi connectivity index (χ2n) is 7.26. The fourth-order valence-electron chi connectivity index (χ4n) is 3.10. The fraction of sp³-hybridized carbons (Fsp3) is 0.316. The van der Waals surface area contributed by atoms with Crippen molar-refractivity contribution >= 4 is 28.2 Å². The number of hydrogen-bond donors (Lipinski definition) is 2. The Kier molecular flexibility index (Phi) is 4.34. The zero-order valence-electron chi connectivity index (χ0n) is 14.4. The Hall–Kier alpha value is -1.97. The number of anilines is 1. The summed E-state index contributed by atoms with van der Waals surface area (Å²) in [5.74, 6) is 0. The Labute approximate surface area is 154 Å². The zero-order chi connectivity index (χ0) is 18.4. The Balaban J connectivity index is 2.05. The summed E-state index contributed by atoms with van der Waals surface area (Å²) < 4.78 is 26.1. The molecule has 0 saturated carbocycles. The summed E-state index contributed by atoms with van der Waals surface area (Å²) in [6.07, 6.45) is 0. The predicted octanol–water partition coefficient (Wildman–Crippen LogP) is 4.08. The molecule has 25 heavy (non-hydrogen) atoms. The van der Waals surface area contributed by atoms with Crippen LogP contribution < -0.4 is 5.32 Å². The quantitative estimate of drug-likeness (QED) is 0.779. The number of fused-ring (bicyclic) bond motifs is 1. The molecule has 2 aromatic carbocycles. The van der Waals surface area contributed by atoms with Gasteiger partial charge in [0.2, 0.25) is 0 Å². The summed E-state index contributed by atoms with van der Waals surface area (Å²) >= 11 is 4.58. The molecule has 4 nitrogen and oxygen atoms in total. The summed E-state index contributed by atoms with van der Waals surface area (Å²) in [6.45, 7) is 6.65. The third kappa shape index (κ3) is 3.14. The van der Waals surface area contributed by atoms with E-state index >= 15 is 0 Å². The molecular weight excluding hydrogens is 352 g/mol. The average molecular weight is 373 g/mol. The smallest absolute Gasteiger partial charge is 0.187 e. The Morgan fingerprint density at radius 2 is 1.84 bits per heavy atom. The number of nitrogens with one attached hydrogen (secondary N) is 1. The van der Waals surface area contributed by atoms with Crippen molar-refractivity contribution in [2.24, 2.45) is 0 Å². The lowest BCUT2D eigenvalue weighted by Crippen LogP contribution is -2.16. The van der Waals surface area contributed by atoms with E-state index in [4.69, 9.17) is 5.26 Å². The molecule has 0 spiro atoms. The minimum Gasteiger partial charge on any atom is -0.383 e. The summed E-state index contributed by atoms with van der Waals surface area (Å²) in [4.78, 5) is 1.03. The van der Waals surface area contributed by atoms with Crippen molar-refractivity contribution in [3.8, 4) is 6.07 Å². The highest BCUT2D eigenvalue weighted by atomic mass is 32.2. The van der Waals surface area contributed by atoms with Crippen molar-refractivity contribution in [3.05, 3.63) is 53.1 Å². The highest BCUT2D eigenvalue weighted by molar-refractivity contribution is 7.91.